The predicted octanol–water partition coefficient (Wildman–Crippen LogP) is 4.40. The largest absolute Gasteiger partial charge is 0.390 e. The van der Waals surface area contributed by atoms with E-state index in [0.717, 1.165) is 58.0 Å². The standard InChI is InChI=1S/C26H41NO5S/c1-31-18-19-33(29,30)32-24-10-5-8-22(20-24)25-11-6-9-23(21-25)27(17-15-25)16-7-14-26(28)12-3-2-4-13-26/h5,8,10,20,23,28H,2-4,6-7,9,11-19,21H2,1H3. The fourth-order valence-corrected chi connectivity index (χ4v) is 7.28. The van der Waals surface area contributed by atoms with Gasteiger partial charge in [-0.1, -0.05) is 37.8 Å². The molecule has 33 heavy (non-hydrogen) atoms. The summed E-state index contributed by atoms with van der Waals surface area (Å²) in [5.41, 5.74) is 0.896. The number of nitrogens with zero attached hydrogens (tertiary/aromatic N) is 1. The maximum absolute atomic E-state index is 12.2. The lowest BCUT2D eigenvalue weighted by Gasteiger charge is -2.51. The molecular formula is C26H41NO5S. The van der Waals surface area contributed by atoms with Crippen molar-refractivity contribution in [3.8, 4) is 5.75 Å². The van der Waals surface area contributed by atoms with Gasteiger partial charge in [-0.05, 0) is 87.6 Å². The Kier molecular flexibility index (Phi) is 8.04. The molecule has 1 heterocycles. The zero-order valence-electron chi connectivity index (χ0n) is 20.1. The van der Waals surface area contributed by atoms with Gasteiger partial charge in [0.05, 0.1) is 12.2 Å². The summed E-state index contributed by atoms with van der Waals surface area (Å²) in [6.07, 6.45) is 13.3. The first-order valence-electron chi connectivity index (χ1n) is 12.8. The molecule has 4 rings (SSSR count). The molecule has 1 aromatic carbocycles. The monoisotopic (exact) mass is 479 g/mol. The van der Waals surface area contributed by atoms with Crippen LogP contribution in [0.25, 0.3) is 0 Å². The highest BCUT2D eigenvalue weighted by Crippen LogP contribution is 2.47. The van der Waals surface area contributed by atoms with Crippen molar-refractivity contribution in [1.82, 2.24) is 4.90 Å². The van der Waals surface area contributed by atoms with Crippen LogP contribution in [0.1, 0.15) is 82.6 Å². The number of fused-ring (bicyclic) bond motifs is 2. The Labute approximate surface area is 199 Å². The number of aliphatic hydroxyl groups is 1. The van der Waals surface area contributed by atoms with E-state index >= 15 is 0 Å². The SMILES string of the molecule is COCCS(=O)(=O)Oc1cccc(C23CCCC(C2)N(CCCC2(O)CCCCC2)CC3)c1. The maximum atomic E-state index is 12.2. The van der Waals surface area contributed by atoms with Crippen molar-refractivity contribution in [2.24, 2.45) is 0 Å². The van der Waals surface area contributed by atoms with Gasteiger partial charge in [-0.3, -0.25) is 0 Å². The predicted molar refractivity (Wildman–Crippen MR) is 130 cm³/mol. The maximum Gasteiger partial charge on any atom is 0.311 e. The molecule has 186 valence electrons. The van der Waals surface area contributed by atoms with Crippen LogP contribution in [0.15, 0.2) is 24.3 Å². The number of methoxy groups -OCH3 is 1. The lowest BCUT2D eigenvalue weighted by Crippen LogP contribution is -2.52. The van der Waals surface area contributed by atoms with Crippen LogP contribution in [0.3, 0.4) is 0 Å². The van der Waals surface area contributed by atoms with Gasteiger partial charge < -0.3 is 18.9 Å². The second-order valence-electron chi connectivity index (χ2n) is 10.6. The van der Waals surface area contributed by atoms with Crippen LogP contribution >= 0.6 is 0 Å². The molecule has 1 aliphatic heterocycles. The minimum Gasteiger partial charge on any atom is -0.390 e. The fourth-order valence-electron chi connectivity index (χ4n) is 6.43. The van der Waals surface area contributed by atoms with Gasteiger partial charge in [-0.2, -0.15) is 8.42 Å². The van der Waals surface area contributed by atoms with Gasteiger partial charge in [0.2, 0.25) is 0 Å². The molecule has 2 aliphatic carbocycles. The van der Waals surface area contributed by atoms with Crippen LogP contribution in [0.4, 0.5) is 0 Å². The van der Waals surface area contributed by atoms with Gasteiger partial charge in [0.25, 0.3) is 0 Å². The summed E-state index contributed by atoms with van der Waals surface area (Å²) in [7, 11) is -2.17. The first-order chi connectivity index (χ1) is 15.8. The van der Waals surface area contributed by atoms with Gasteiger partial charge in [0.1, 0.15) is 11.5 Å². The minimum absolute atomic E-state index is 0.108. The summed E-state index contributed by atoms with van der Waals surface area (Å²) in [6, 6.07) is 8.32. The number of hydrogen-bond donors (Lipinski definition) is 1. The van der Waals surface area contributed by atoms with E-state index in [2.05, 4.69) is 11.0 Å². The second kappa shape index (κ2) is 10.6. The van der Waals surface area contributed by atoms with Gasteiger partial charge in [-0.25, -0.2) is 0 Å². The van der Waals surface area contributed by atoms with Crippen LogP contribution in [0.2, 0.25) is 0 Å². The normalized spacial score (nSPS) is 27.9. The van der Waals surface area contributed by atoms with Gasteiger partial charge >= 0.3 is 10.1 Å². The van der Waals surface area contributed by atoms with E-state index in [9.17, 15) is 13.5 Å². The van der Waals surface area contributed by atoms with Crippen molar-refractivity contribution >= 4 is 10.1 Å². The highest BCUT2D eigenvalue weighted by Gasteiger charge is 2.43. The zero-order valence-corrected chi connectivity index (χ0v) is 21.0. The van der Waals surface area contributed by atoms with E-state index in [1.807, 2.05) is 12.1 Å². The van der Waals surface area contributed by atoms with Crippen LogP contribution in [0, 0.1) is 0 Å². The van der Waals surface area contributed by atoms with E-state index in [4.69, 9.17) is 8.92 Å². The molecule has 1 N–H and O–H groups in total. The molecule has 2 atom stereocenters. The van der Waals surface area contributed by atoms with E-state index in [1.165, 1.54) is 44.8 Å². The van der Waals surface area contributed by atoms with E-state index < -0.39 is 15.7 Å². The Hall–Kier alpha value is -1.15. The summed E-state index contributed by atoms with van der Waals surface area (Å²) in [5.74, 6) is 0.258. The molecule has 1 aromatic rings. The Morgan fingerprint density at radius 3 is 2.73 bits per heavy atom. The molecule has 2 saturated carbocycles. The third kappa shape index (κ3) is 6.30. The van der Waals surface area contributed by atoms with Crippen LogP contribution in [0.5, 0.6) is 5.75 Å². The Bertz CT molecular complexity index is 882. The fraction of sp³-hybridized carbons (Fsp3) is 0.769. The lowest BCUT2D eigenvalue weighted by atomic mass is 9.63. The first kappa shape index (κ1) is 25.0. The van der Waals surface area contributed by atoms with Crippen molar-refractivity contribution in [2.45, 2.75) is 94.1 Å². The molecule has 2 unspecified atom stereocenters. The van der Waals surface area contributed by atoms with E-state index in [-0.39, 0.29) is 17.8 Å². The molecule has 7 heteroatoms. The summed E-state index contributed by atoms with van der Waals surface area (Å²) < 4.78 is 34.7. The Morgan fingerprint density at radius 1 is 1.12 bits per heavy atom. The smallest absolute Gasteiger partial charge is 0.311 e. The Morgan fingerprint density at radius 2 is 1.94 bits per heavy atom. The lowest BCUT2D eigenvalue weighted by molar-refractivity contribution is -0.0124. The molecule has 1 saturated heterocycles. The average Bonchev–Trinajstić information content (AvgIpc) is 2.80. The van der Waals surface area contributed by atoms with Crippen molar-refractivity contribution < 1.29 is 22.4 Å². The molecule has 3 fully saturated rings. The van der Waals surface area contributed by atoms with Gasteiger partial charge in [-0.15, -0.1) is 0 Å². The van der Waals surface area contributed by atoms with Crippen molar-refractivity contribution in [2.75, 3.05) is 32.6 Å². The number of rotatable bonds is 10. The van der Waals surface area contributed by atoms with Crippen LogP contribution in [-0.2, 0) is 20.3 Å². The topological polar surface area (TPSA) is 76.1 Å². The van der Waals surface area contributed by atoms with Gasteiger partial charge in [0.15, 0.2) is 0 Å². The number of likely N-dealkylation sites (tertiary alicyclic amines) is 1. The van der Waals surface area contributed by atoms with Gasteiger partial charge in [0, 0.05) is 13.2 Å². The third-order valence-electron chi connectivity index (χ3n) is 8.29. The van der Waals surface area contributed by atoms with Crippen LogP contribution in [-0.4, -0.2) is 62.6 Å². The molecule has 0 amide bonds. The van der Waals surface area contributed by atoms with Crippen molar-refractivity contribution in [3.05, 3.63) is 29.8 Å². The molecule has 3 aliphatic rings. The molecule has 0 spiro atoms. The molecule has 6 nitrogen and oxygen atoms in total. The highest BCUT2D eigenvalue weighted by atomic mass is 32.2. The zero-order chi connectivity index (χ0) is 23.4. The summed E-state index contributed by atoms with van der Waals surface area (Å²) in [4.78, 5) is 2.65. The molecule has 0 aromatic heterocycles. The number of piperidine rings is 1. The molecule has 2 bridgehead atoms. The second-order valence-corrected chi connectivity index (χ2v) is 12.3. The minimum atomic E-state index is -3.65. The molecule has 0 radical (unpaired) electrons. The molecular weight excluding hydrogens is 438 g/mol. The summed E-state index contributed by atoms with van der Waals surface area (Å²) in [5, 5.41) is 10.8. The summed E-state index contributed by atoms with van der Waals surface area (Å²) in [6.45, 7) is 2.27. The van der Waals surface area contributed by atoms with E-state index in [0.29, 0.717) is 11.8 Å². The first-order valence-corrected chi connectivity index (χ1v) is 14.4. The number of hydrogen-bond acceptors (Lipinski definition) is 6. The Balaban J connectivity index is 1.37. The summed E-state index contributed by atoms with van der Waals surface area (Å²) >= 11 is 0. The highest BCUT2D eigenvalue weighted by molar-refractivity contribution is 7.87. The number of benzene rings is 1. The third-order valence-corrected chi connectivity index (χ3v) is 9.40. The quantitative estimate of drug-likeness (QED) is 0.501. The van der Waals surface area contributed by atoms with E-state index in [1.54, 1.807) is 6.07 Å². The number of ether oxygens (including phenoxy) is 1. The van der Waals surface area contributed by atoms with Crippen molar-refractivity contribution in [1.29, 1.82) is 0 Å². The van der Waals surface area contributed by atoms with Crippen LogP contribution < -0.4 is 4.18 Å². The average molecular weight is 480 g/mol. The van der Waals surface area contributed by atoms with Crippen molar-refractivity contribution in [3.63, 3.8) is 0 Å².